The fourth-order valence-corrected chi connectivity index (χ4v) is 2.58. The van der Waals surface area contributed by atoms with Gasteiger partial charge in [0.05, 0.1) is 6.61 Å². The van der Waals surface area contributed by atoms with Crippen LogP contribution in [-0.2, 0) is 4.74 Å². The summed E-state index contributed by atoms with van der Waals surface area (Å²) in [6.45, 7) is 13.9. The van der Waals surface area contributed by atoms with Crippen LogP contribution in [-0.4, -0.2) is 88.9 Å². The van der Waals surface area contributed by atoms with Crippen molar-refractivity contribution in [3.63, 3.8) is 0 Å². The standard InChI is InChI=1S/C18H41N5O.HI/c1-7-23(8-2)14-9-11-17(3)21-18(19-4)20-12-10-13-22(5)15-16-24-6;/h17H,7-16H2,1-6H3,(H2,19,20,21);1H. The number of guanidine groups is 1. The van der Waals surface area contributed by atoms with Gasteiger partial charge in [-0.05, 0) is 59.4 Å². The van der Waals surface area contributed by atoms with Crippen LogP contribution >= 0.6 is 24.0 Å². The summed E-state index contributed by atoms with van der Waals surface area (Å²) in [4.78, 5) is 9.08. The van der Waals surface area contributed by atoms with Gasteiger partial charge in [0.15, 0.2) is 5.96 Å². The van der Waals surface area contributed by atoms with Gasteiger partial charge in [-0.15, -0.1) is 24.0 Å². The van der Waals surface area contributed by atoms with Crippen LogP contribution in [0.1, 0.15) is 40.0 Å². The molecule has 25 heavy (non-hydrogen) atoms. The minimum Gasteiger partial charge on any atom is -0.383 e. The molecular formula is C18H42IN5O. The number of rotatable bonds is 14. The maximum atomic E-state index is 5.09. The number of hydrogen-bond acceptors (Lipinski definition) is 4. The molecular weight excluding hydrogens is 429 g/mol. The van der Waals surface area contributed by atoms with Gasteiger partial charge in [-0.2, -0.15) is 0 Å². The normalized spacial score (nSPS) is 13.0. The average molecular weight is 471 g/mol. The SMILES string of the molecule is CCN(CC)CCCC(C)NC(=NC)NCCCN(C)CCOC.I. The van der Waals surface area contributed by atoms with Crippen molar-refractivity contribution in [3.05, 3.63) is 0 Å². The van der Waals surface area contributed by atoms with Crippen LogP contribution in [0.3, 0.4) is 0 Å². The molecule has 152 valence electrons. The predicted octanol–water partition coefficient (Wildman–Crippen LogP) is 2.25. The van der Waals surface area contributed by atoms with E-state index < -0.39 is 0 Å². The van der Waals surface area contributed by atoms with E-state index in [9.17, 15) is 0 Å². The maximum Gasteiger partial charge on any atom is 0.191 e. The largest absolute Gasteiger partial charge is 0.383 e. The molecule has 0 spiro atoms. The number of aliphatic imine (C=N–C) groups is 1. The van der Waals surface area contributed by atoms with Gasteiger partial charge in [0.1, 0.15) is 0 Å². The molecule has 2 N–H and O–H groups in total. The van der Waals surface area contributed by atoms with Crippen molar-refractivity contribution in [1.29, 1.82) is 0 Å². The maximum absolute atomic E-state index is 5.09. The average Bonchev–Trinajstić information content (AvgIpc) is 2.59. The van der Waals surface area contributed by atoms with Crippen LogP contribution in [0.4, 0.5) is 0 Å². The molecule has 0 amide bonds. The minimum atomic E-state index is 0. The van der Waals surface area contributed by atoms with Gasteiger partial charge in [-0.3, -0.25) is 4.99 Å². The molecule has 0 saturated heterocycles. The number of ether oxygens (including phenoxy) is 1. The van der Waals surface area contributed by atoms with E-state index in [1.807, 2.05) is 7.05 Å². The van der Waals surface area contributed by atoms with E-state index in [0.29, 0.717) is 6.04 Å². The predicted molar refractivity (Wildman–Crippen MR) is 120 cm³/mol. The fraction of sp³-hybridized carbons (Fsp3) is 0.944. The van der Waals surface area contributed by atoms with Crippen LogP contribution < -0.4 is 10.6 Å². The first kappa shape index (κ1) is 27.1. The lowest BCUT2D eigenvalue weighted by atomic mass is 10.2. The van der Waals surface area contributed by atoms with E-state index in [2.05, 4.69) is 53.2 Å². The second-order valence-corrected chi connectivity index (χ2v) is 6.36. The van der Waals surface area contributed by atoms with Crippen molar-refractivity contribution in [2.45, 2.75) is 46.1 Å². The van der Waals surface area contributed by atoms with Crippen LogP contribution in [0.2, 0.25) is 0 Å². The summed E-state index contributed by atoms with van der Waals surface area (Å²) in [6, 6.07) is 0.441. The molecule has 0 aromatic heterocycles. The van der Waals surface area contributed by atoms with Gasteiger partial charge in [0, 0.05) is 33.3 Å². The summed E-state index contributed by atoms with van der Waals surface area (Å²) in [5, 5.41) is 6.89. The van der Waals surface area contributed by atoms with Crippen molar-refractivity contribution in [2.24, 2.45) is 4.99 Å². The van der Waals surface area contributed by atoms with Crippen LogP contribution in [0.25, 0.3) is 0 Å². The summed E-state index contributed by atoms with van der Waals surface area (Å²) in [7, 11) is 5.71. The number of nitrogens with one attached hydrogen (secondary N) is 2. The Morgan fingerprint density at radius 3 is 2.36 bits per heavy atom. The molecule has 0 saturated carbocycles. The van der Waals surface area contributed by atoms with E-state index in [0.717, 1.165) is 58.1 Å². The third-order valence-corrected chi connectivity index (χ3v) is 4.30. The lowest BCUT2D eigenvalue weighted by Gasteiger charge is -2.21. The Morgan fingerprint density at radius 2 is 1.80 bits per heavy atom. The lowest BCUT2D eigenvalue weighted by molar-refractivity contribution is 0.161. The van der Waals surface area contributed by atoms with Gasteiger partial charge in [0.2, 0.25) is 0 Å². The molecule has 1 unspecified atom stereocenters. The van der Waals surface area contributed by atoms with E-state index in [4.69, 9.17) is 4.74 Å². The molecule has 0 aliphatic rings. The highest BCUT2D eigenvalue weighted by Gasteiger charge is 2.06. The molecule has 0 bridgehead atoms. The molecule has 6 nitrogen and oxygen atoms in total. The highest BCUT2D eigenvalue weighted by Crippen LogP contribution is 1.99. The molecule has 0 aromatic carbocycles. The Bertz CT molecular complexity index is 314. The first-order chi connectivity index (χ1) is 11.6. The lowest BCUT2D eigenvalue weighted by Crippen LogP contribution is -2.43. The fourth-order valence-electron chi connectivity index (χ4n) is 2.58. The molecule has 0 heterocycles. The molecule has 0 aromatic rings. The topological polar surface area (TPSA) is 52.1 Å². The number of halogens is 1. The minimum absolute atomic E-state index is 0. The zero-order chi connectivity index (χ0) is 18.2. The molecule has 0 rings (SSSR count). The van der Waals surface area contributed by atoms with E-state index in [1.165, 1.54) is 13.0 Å². The summed E-state index contributed by atoms with van der Waals surface area (Å²) in [6.07, 6.45) is 3.48. The van der Waals surface area contributed by atoms with Crippen molar-refractivity contribution >= 4 is 29.9 Å². The molecule has 1 atom stereocenters. The van der Waals surface area contributed by atoms with E-state index in [-0.39, 0.29) is 24.0 Å². The second kappa shape index (κ2) is 18.7. The number of methoxy groups -OCH3 is 1. The van der Waals surface area contributed by atoms with Crippen LogP contribution in [0.15, 0.2) is 4.99 Å². The molecule has 0 aliphatic heterocycles. The number of nitrogens with zero attached hydrogens (tertiary/aromatic N) is 3. The van der Waals surface area contributed by atoms with E-state index >= 15 is 0 Å². The second-order valence-electron chi connectivity index (χ2n) is 6.36. The Balaban J connectivity index is 0. The van der Waals surface area contributed by atoms with Gasteiger partial charge >= 0.3 is 0 Å². The van der Waals surface area contributed by atoms with E-state index in [1.54, 1.807) is 7.11 Å². The van der Waals surface area contributed by atoms with Gasteiger partial charge in [-0.1, -0.05) is 13.8 Å². The zero-order valence-electron chi connectivity index (χ0n) is 17.3. The molecule has 7 heteroatoms. The monoisotopic (exact) mass is 471 g/mol. The van der Waals surface area contributed by atoms with Crippen molar-refractivity contribution in [3.8, 4) is 0 Å². The number of hydrogen-bond donors (Lipinski definition) is 2. The summed E-state index contributed by atoms with van der Waals surface area (Å²) >= 11 is 0. The summed E-state index contributed by atoms with van der Waals surface area (Å²) < 4.78 is 5.09. The smallest absolute Gasteiger partial charge is 0.191 e. The highest BCUT2D eigenvalue weighted by atomic mass is 127. The van der Waals surface area contributed by atoms with Crippen LogP contribution in [0, 0.1) is 0 Å². The molecule has 0 fully saturated rings. The summed E-state index contributed by atoms with van der Waals surface area (Å²) in [5.41, 5.74) is 0. The highest BCUT2D eigenvalue weighted by molar-refractivity contribution is 14.0. The third kappa shape index (κ3) is 15.8. The van der Waals surface area contributed by atoms with Gasteiger partial charge < -0.3 is 25.2 Å². The molecule has 0 radical (unpaired) electrons. The Morgan fingerprint density at radius 1 is 1.12 bits per heavy atom. The van der Waals surface area contributed by atoms with Crippen molar-refractivity contribution in [2.75, 3.05) is 67.1 Å². The Labute approximate surface area is 173 Å². The number of likely N-dealkylation sites (N-methyl/N-ethyl adjacent to an activating group) is 1. The van der Waals surface area contributed by atoms with Crippen molar-refractivity contribution in [1.82, 2.24) is 20.4 Å². The van der Waals surface area contributed by atoms with Gasteiger partial charge in [-0.25, -0.2) is 0 Å². The van der Waals surface area contributed by atoms with Crippen molar-refractivity contribution < 1.29 is 4.74 Å². The molecule has 0 aliphatic carbocycles. The summed E-state index contributed by atoms with van der Waals surface area (Å²) in [5.74, 6) is 0.907. The zero-order valence-corrected chi connectivity index (χ0v) is 19.6. The Hall–Kier alpha value is -0.120. The Kier molecular flexibility index (Phi) is 20.2. The van der Waals surface area contributed by atoms with Crippen LogP contribution in [0.5, 0.6) is 0 Å². The first-order valence-electron chi connectivity index (χ1n) is 9.44. The quantitative estimate of drug-likeness (QED) is 0.176. The van der Waals surface area contributed by atoms with Gasteiger partial charge in [0.25, 0.3) is 0 Å². The third-order valence-electron chi connectivity index (χ3n) is 4.30. The first-order valence-corrected chi connectivity index (χ1v) is 9.44.